The second-order valence-electron chi connectivity index (χ2n) is 1.18. The lowest BCUT2D eigenvalue weighted by atomic mass is 10.3. The summed E-state index contributed by atoms with van der Waals surface area (Å²) in [5.41, 5.74) is 6.66. The van der Waals surface area contributed by atoms with Gasteiger partial charge in [0.2, 0.25) is 0 Å². The van der Waals surface area contributed by atoms with Gasteiger partial charge in [0.05, 0.1) is 0 Å². The highest BCUT2D eigenvalue weighted by molar-refractivity contribution is 4.64. The summed E-state index contributed by atoms with van der Waals surface area (Å²) in [6.07, 6.45) is 3.79. The number of allylic oxidation sites excluding steroid dienone is 1. The summed E-state index contributed by atoms with van der Waals surface area (Å²) < 4.78 is 0. The van der Waals surface area contributed by atoms with Crippen molar-refractivity contribution in [3.63, 3.8) is 0 Å². The van der Waals surface area contributed by atoms with Gasteiger partial charge in [-0.05, 0) is 12.8 Å². The molecule has 0 bridgehead atoms. The van der Waals surface area contributed by atoms with E-state index in [2.05, 4.69) is 6.58 Å². The molecule has 0 atom stereocenters. The van der Waals surface area contributed by atoms with E-state index >= 15 is 0 Å². The number of unbranched alkanes of at least 4 members (excludes halogenated alkanes) is 1. The maximum atomic E-state index is 6.66. The molecule has 0 fully saturated rings. The lowest BCUT2D eigenvalue weighted by Crippen LogP contribution is -1.80. The van der Waals surface area contributed by atoms with Crippen molar-refractivity contribution < 1.29 is 0 Å². The Morgan fingerprint density at radius 2 is 2.33 bits per heavy atom. The Hall–Kier alpha value is -0.300. The maximum absolute atomic E-state index is 6.66. The third kappa shape index (κ3) is 3.70. The molecule has 0 spiro atoms. The van der Waals surface area contributed by atoms with Crippen molar-refractivity contribution in [1.82, 2.24) is 5.73 Å². The smallest absolute Gasteiger partial charge is 0.0103 e. The van der Waals surface area contributed by atoms with E-state index < -0.39 is 0 Å². The van der Waals surface area contributed by atoms with Crippen LogP contribution in [-0.2, 0) is 0 Å². The number of hydrogen-bond acceptors (Lipinski definition) is 0. The summed E-state index contributed by atoms with van der Waals surface area (Å²) in [5, 5.41) is 0. The summed E-state index contributed by atoms with van der Waals surface area (Å²) in [7, 11) is 0. The average Bonchev–Trinajstić information content (AvgIpc) is 1.61. The van der Waals surface area contributed by atoms with Gasteiger partial charge >= 0.3 is 0 Å². The van der Waals surface area contributed by atoms with Crippen molar-refractivity contribution >= 4 is 0 Å². The van der Waals surface area contributed by atoms with Crippen LogP contribution in [-0.4, -0.2) is 6.54 Å². The van der Waals surface area contributed by atoms with E-state index in [1.54, 1.807) is 0 Å². The predicted molar refractivity (Wildman–Crippen MR) is 27.4 cm³/mol. The molecule has 1 radical (unpaired) electrons. The van der Waals surface area contributed by atoms with Gasteiger partial charge in [-0.25, -0.2) is 0 Å². The van der Waals surface area contributed by atoms with Gasteiger partial charge in [-0.15, -0.1) is 6.58 Å². The number of rotatable bonds is 3. The van der Waals surface area contributed by atoms with Crippen LogP contribution in [0.25, 0.3) is 0 Å². The summed E-state index contributed by atoms with van der Waals surface area (Å²) >= 11 is 0. The van der Waals surface area contributed by atoms with Crippen LogP contribution in [0.1, 0.15) is 12.8 Å². The molecule has 0 saturated carbocycles. The minimum Gasteiger partial charge on any atom is -0.258 e. The molecular formula is C5H10N. The Balaban J connectivity index is 2.49. The Morgan fingerprint density at radius 3 is 2.50 bits per heavy atom. The molecule has 0 amide bonds. The molecule has 0 aromatic heterocycles. The molecular weight excluding hydrogens is 74.1 g/mol. The lowest BCUT2D eigenvalue weighted by Gasteiger charge is -1.81. The van der Waals surface area contributed by atoms with Crippen molar-refractivity contribution in [1.29, 1.82) is 0 Å². The van der Waals surface area contributed by atoms with E-state index in [4.69, 9.17) is 5.73 Å². The zero-order valence-electron chi connectivity index (χ0n) is 3.91. The van der Waals surface area contributed by atoms with Gasteiger partial charge in [0, 0.05) is 6.54 Å². The van der Waals surface area contributed by atoms with Crippen LogP contribution < -0.4 is 5.73 Å². The van der Waals surface area contributed by atoms with Gasteiger partial charge in [-0.2, -0.15) is 0 Å². The largest absolute Gasteiger partial charge is 0.258 e. The molecule has 0 heterocycles. The molecule has 0 aliphatic rings. The Labute approximate surface area is 38.8 Å². The first kappa shape index (κ1) is 5.70. The molecule has 1 N–H and O–H groups in total. The monoisotopic (exact) mass is 84.1 g/mol. The van der Waals surface area contributed by atoms with Crippen LogP contribution >= 0.6 is 0 Å². The van der Waals surface area contributed by atoms with E-state index in [0.29, 0.717) is 6.54 Å². The van der Waals surface area contributed by atoms with Crippen LogP contribution in [0.3, 0.4) is 0 Å². The third-order valence-electron chi connectivity index (χ3n) is 0.585. The van der Waals surface area contributed by atoms with Gasteiger partial charge in [0.1, 0.15) is 0 Å². The zero-order valence-corrected chi connectivity index (χ0v) is 3.91. The summed E-state index contributed by atoms with van der Waals surface area (Å²) in [6, 6.07) is 0. The van der Waals surface area contributed by atoms with E-state index in [-0.39, 0.29) is 0 Å². The van der Waals surface area contributed by atoms with Crippen LogP contribution in [0.15, 0.2) is 12.7 Å². The van der Waals surface area contributed by atoms with E-state index in [1.807, 2.05) is 6.08 Å². The standard InChI is InChI=1S/C5H10N/c1-2-3-4-5-6/h2,6H,1,3-5H2. The topological polar surface area (TPSA) is 23.8 Å². The second-order valence-corrected chi connectivity index (χ2v) is 1.18. The van der Waals surface area contributed by atoms with E-state index in [1.165, 1.54) is 0 Å². The SMILES string of the molecule is C=CCCC[NH]. The van der Waals surface area contributed by atoms with Gasteiger partial charge < -0.3 is 0 Å². The summed E-state index contributed by atoms with van der Waals surface area (Å²) in [5.74, 6) is 0. The lowest BCUT2D eigenvalue weighted by molar-refractivity contribution is 0.838. The van der Waals surface area contributed by atoms with Crippen LogP contribution in [0.2, 0.25) is 0 Å². The number of hydrogen-bond donors (Lipinski definition) is 0. The molecule has 0 aromatic rings. The zero-order chi connectivity index (χ0) is 4.83. The highest BCUT2D eigenvalue weighted by Crippen LogP contribution is 1.83. The molecule has 0 saturated heterocycles. The Kier molecular flexibility index (Phi) is 4.46. The summed E-state index contributed by atoms with van der Waals surface area (Å²) in [6.45, 7) is 4.05. The average molecular weight is 84.1 g/mol. The first-order valence-corrected chi connectivity index (χ1v) is 2.17. The summed E-state index contributed by atoms with van der Waals surface area (Å²) in [4.78, 5) is 0. The van der Waals surface area contributed by atoms with Crippen LogP contribution in [0.5, 0.6) is 0 Å². The normalized spacial score (nSPS) is 8.17. The molecule has 0 aliphatic heterocycles. The number of nitrogens with one attached hydrogen (secondary N) is 1. The second kappa shape index (κ2) is 4.70. The molecule has 1 heteroatoms. The minimum atomic E-state index is 0.534. The molecule has 0 aliphatic carbocycles. The molecule has 35 valence electrons. The highest BCUT2D eigenvalue weighted by Gasteiger charge is 1.72. The Bertz CT molecular complexity index is 32.9. The van der Waals surface area contributed by atoms with Crippen molar-refractivity contribution in [3.05, 3.63) is 12.7 Å². The molecule has 0 rings (SSSR count). The maximum Gasteiger partial charge on any atom is 0.0103 e. The van der Waals surface area contributed by atoms with E-state index in [9.17, 15) is 0 Å². The van der Waals surface area contributed by atoms with Crippen molar-refractivity contribution in [3.8, 4) is 0 Å². The van der Waals surface area contributed by atoms with Crippen molar-refractivity contribution in [2.75, 3.05) is 6.54 Å². The first-order chi connectivity index (χ1) is 2.91. The fourth-order valence-electron chi connectivity index (χ4n) is 0.246. The van der Waals surface area contributed by atoms with E-state index in [0.717, 1.165) is 12.8 Å². The molecule has 0 aromatic carbocycles. The first-order valence-electron chi connectivity index (χ1n) is 2.17. The van der Waals surface area contributed by atoms with Crippen molar-refractivity contribution in [2.24, 2.45) is 0 Å². The molecule has 0 unspecified atom stereocenters. The highest BCUT2D eigenvalue weighted by atomic mass is 14.5. The Morgan fingerprint density at radius 1 is 1.67 bits per heavy atom. The van der Waals surface area contributed by atoms with Gasteiger partial charge in [0.25, 0.3) is 0 Å². The van der Waals surface area contributed by atoms with Gasteiger partial charge in [-0.1, -0.05) is 6.08 Å². The molecule has 1 nitrogen and oxygen atoms in total. The quantitative estimate of drug-likeness (QED) is 0.363. The van der Waals surface area contributed by atoms with Crippen LogP contribution in [0, 0.1) is 0 Å². The molecule has 6 heavy (non-hydrogen) atoms. The predicted octanol–water partition coefficient (Wildman–Crippen LogP) is 1.24. The van der Waals surface area contributed by atoms with Gasteiger partial charge in [-0.3, -0.25) is 5.73 Å². The fourth-order valence-corrected chi connectivity index (χ4v) is 0.246. The van der Waals surface area contributed by atoms with Gasteiger partial charge in [0.15, 0.2) is 0 Å². The van der Waals surface area contributed by atoms with Crippen molar-refractivity contribution in [2.45, 2.75) is 12.8 Å². The van der Waals surface area contributed by atoms with Crippen LogP contribution in [0.4, 0.5) is 0 Å². The fraction of sp³-hybridized carbons (Fsp3) is 0.600. The minimum absolute atomic E-state index is 0.534. The third-order valence-corrected chi connectivity index (χ3v) is 0.585.